The van der Waals surface area contributed by atoms with E-state index in [1.54, 1.807) is 0 Å². The van der Waals surface area contributed by atoms with Gasteiger partial charge in [-0.25, -0.2) is 10.9 Å². The van der Waals surface area contributed by atoms with Gasteiger partial charge in [-0.15, -0.1) is 0 Å². The van der Waals surface area contributed by atoms with Gasteiger partial charge in [0.2, 0.25) is 11.8 Å². The maximum atomic E-state index is 11.7. The number of carbonyl (C=O) groups is 2. The van der Waals surface area contributed by atoms with E-state index < -0.39 is 0 Å². The zero-order valence-corrected chi connectivity index (χ0v) is 16.1. The van der Waals surface area contributed by atoms with Gasteiger partial charge >= 0.3 is 0 Å². The minimum absolute atomic E-state index is 0.0619. The predicted molar refractivity (Wildman–Crippen MR) is 109 cm³/mol. The lowest BCUT2D eigenvalue weighted by Crippen LogP contribution is -2.19. The molecular formula is C21H32N4O2. The first-order valence-electron chi connectivity index (χ1n) is 10.2. The molecule has 6 nitrogen and oxygen atoms in total. The number of amides is 2. The molecule has 0 saturated carbocycles. The van der Waals surface area contributed by atoms with Crippen molar-refractivity contribution in [2.24, 2.45) is 22.0 Å². The molecule has 0 aromatic heterocycles. The fraction of sp³-hybridized carbons (Fsp3) is 0.619. The van der Waals surface area contributed by atoms with Gasteiger partial charge in [-0.05, 0) is 63.2 Å². The van der Waals surface area contributed by atoms with Crippen molar-refractivity contribution >= 4 is 24.2 Å². The number of carbonyl (C=O) groups excluding carboxylic acids is 2. The lowest BCUT2D eigenvalue weighted by Gasteiger charge is -2.11. The molecule has 148 valence electrons. The fourth-order valence-corrected chi connectivity index (χ4v) is 3.19. The van der Waals surface area contributed by atoms with Crippen LogP contribution in [0.1, 0.15) is 70.6 Å². The van der Waals surface area contributed by atoms with Gasteiger partial charge in [0.05, 0.1) is 0 Å². The van der Waals surface area contributed by atoms with Crippen molar-refractivity contribution in [3.05, 3.63) is 24.3 Å². The third-order valence-electron chi connectivity index (χ3n) is 4.88. The SMILES string of the molecule is O=C(CCCCCC(=O)NN=CC1CC=CCC1)NN=CC1CC=CCC1. The summed E-state index contributed by atoms with van der Waals surface area (Å²) in [5.74, 6) is 0.749. The lowest BCUT2D eigenvalue weighted by molar-refractivity contribution is -0.121. The lowest BCUT2D eigenvalue weighted by atomic mass is 9.96. The van der Waals surface area contributed by atoms with Crippen LogP contribution in [0, 0.1) is 11.8 Å². The van der Waals surface area contributed by atoms with Gasteiger partial charge in [0.1, 0.15) is 0 Å². The Bertz CT molecular complexity index is 531. The average Bonchev–Trinajstić information content (AvgIpc) is 2.69. The molecule has 2 rings (SSSR count). The van der Waals surface area contributed by atoms with E-state index in [-0.39, 0.29) is 11.8 Å². The standard InChI is InChI=1S/C21H32N4O2/c26-20(24-22-16-18-10-4-1-5-11-18)14-8-3-9-15-21(27)25-23-17-19-12-6-2-7-13-19/h1-2,4,6,16-19H,3,5,7-15H2,(H,24,26)(H,25,27). The van der Waals surface area contributed by atoms with Crippen molar-refractivity contribution in [1.29, 1.82) is 0 Å². The third kappa shape index (κ3) is 9.87. The van der Waals surface area contributed by atoms with E-state index in [2.05, 4.69) is 45.4 Å². The second-order valence-corrected chi connectivity index (χ2v) is 7.28. The van der Waals surface area contributed by atoms with Crippen molar-refractivity contribution in [3.8, 4) is 0 Å². The highest BCUT2D eigenvalue weighted by Gasteiger charge is 2.08. The first-order valence-corrected chi connectivity index (χ1v) is 10.2. The van der Waals surface area contributed by atoms with Crippen LogP contribution in [0.2, 0.25) is 0 Å². The molecule has 0 spiro atoms. The van der Waals surface area contributed by atoms with Crippen molar-refractivity contribution in [2.75, 3.05) is 0 Å². The van der Waals surface area contributed by atoms with Crippen LogP contribution >= 0.6 is 0 Å². The van der Waals surface area contributed by atoms with E-state index in [9.17, 15) is 9.59 Å². The molecule has 0 radical (unpaired) electrons. The van der Waals surface area contributed by atoms with Crippen molar-refractivity contribution in [3.63, 3.8) is 0 Å². The van der Waals surface area contributed by atoms with Gasteiger partial charge in [-0.2, -0.15) is 10.2 Å². The summed E-state index contributed by atoms with van der Waals surface area (Å²) in [4.78, 5) is 23.5. The first kappa shape index (κ1) is 21.1. The predicted octanol–water partition coefficient (Wildman–Crippen LogP) is 3.85. The van der Waals surface area contributed by atoms with E-state index in [1.807, 2.05) is 12.4 Å². The van der Waals surface area contributed by atoms with E-state index in [1.165, 1.54) is 0 Å². The molecule has 2 aliphatic rings. The monoisotopic (exact) mass is 372 g/mol. The van der Waals surface area contributed by atoms with Crippen LogP contribution in [0.4, 0.5) is 0 Å². The summed E-state index contributed by atoms with van der Waals surface area (Å²) in [6.45, 7) is 0. The molecule has 2 amide bonds. The molecule has 2 N–H and O–H groups in total. The van der Waals surface area contributed by atoms with E-state index in [4.69, 9.17) is 0 Å². The number of nitrogens with one attached hydrogen (secondary N) is 2. The van der Waals surface area contributed by atoms with E-state index in [0.29, 0.717) is 24.7 Å². The molecule has 6 heteroatoms. The summed E-state index contributed by atoms with van der Waals surface area (Å²) in [7, 11) is 0. The Labute approximate surface area is 162 Å². The summed E-state index contributed by atoms with van der Waals surface area (Å²) in [6.07, 6.45) is 22.0. The molecule has 0 aliphatic heterocycles. The molecule has 2 atom stereocenters. The van der Waals surface area contributed by atoms with Gasteiger partial charge in [0, 0.05) is 25.3 Å². The molecule has 27 heavy (non-hydrogen) atoms. The Hall–Kier alpha value is -2.24. The largest absolute Gasteiger partial charge is 0.273 e. The zero-order valence-electron chi connectivity index (χ0n) is 16.1. The van der Waals surface area contributed by atoms with Gasteiger partial charge in [-0.1, -0.05) is 30.7 Å². The normalized spacial score (nSPS) is 22.4. The summed E-state index contributed by atoms with van der Waals surface area (Å²) >= 11 is 0. The molecule has 2 unspecified atom stereocenters. The van der Waals surface area contributed by atoms with Gasteiger partial charge < -0.3 is 0 Å². The molecule has 0 aromatic rings. The summed E-state index contributed by atoms with van der Waals surface area (Å²) in [5.41, 5.74) is 5.18. The Kier molecular flexibility index (Phi) is 10.1. The minimum Gasteiger partial charge on any atom is -0.273 e. The van der Waals surface area contributed by atoms with Gasteiger partial charge in [0.25, 0.3) is 0 Å². The van der Waals surface area contributed by atoms with Crippen molar-refractivity contribution < 1.29 is 9.59 Å². The summed E-state index contributed by atoms with van der Waals surface area (Å²) < 4.78 is 0. The number of rotatable bonds is 10. The van der Waals surface area contributed by atoms with E-state index in [0.717, 1.165) is 57.8 Å². The third-order valence-corrected chi connectivity index (χ3v) is 4.88. The summed E-state index contributed by atoms with van der Waals surface area (Å²) in [6, 6.07) is 0. The number of hydrogen-bond acceptors (Lipinski definition) is 4. The molecule has 0 saturated heterocycles. The van der Waals surface area contributed by atoms with Crippen LogP contribution in [0.3, 0.4) is 0 Å². The minimum atomic E-state index is -0.0619. The van der Waals surface area contributed by atoms with Crippen LogP contribution in [0.15, 0.2) is 34.5 Å². The average molecular weight is 373 g/mol. The highest BCUT2D eigenvalue weighted by atomic mass is 16.2. The molecule has 2 aliphatic carbocycles. The van der Waals surface area contributed by atoms with Crippen LogP contribution in [-0.4, -0.2) is 24.2 Å². The fourth-order valence-electron chi connectivity index (χ4n) is 3.19. The molecule has 0 bridgehead atoms. The van der Waals surface area contributed by atoms with Gasteiger partial charge in [-0.3, -0.25) is 9.59 Å². The molecule has 0 heterocycles. The highest BCUT2D eigenvalue weighted by molar-refractivity contribution is 5.77. The van der Waals surface area contributed by atoms with Crippen molar-refractivity contribution in [1.82, 2.24) is 10.9 Å². The smallest absolute Gasteiger partial charge is 0.240 e. The van der Waals surface area contributed by atoms with E-state index >= 15 is 0 Å². The van der Waals surface area contributed by atoms with Crippen LogP contribution in [-0.2, 0) is 9.59 Å². The van der Waals surface area contributed by atoms with Crippen LogP contribution in [0.25, 0.3) is 0 Å². The number of nitrogens with zero attached hydrogens (tertiary/aromatic N) is 2. The highest BCUT2D eigenvalue weighted by Crippen LogP contribution is 2.16. The molecular weight excluding hydrogens is 340 g/mol. The number of hydrogen-bond donors (Lipinski definition) is 2. The Balaban J connectivity index is 1.45. The number of hydrazone groups is 2. The molecule has 0 aromatic carbocycles. The van der Waals surface area contributed by atoms with Crippen LogP contribution in [0.5, 0.6) is 0 Å². The molecule has 0 fully saturated rings. The Morgan fingerprint density at radius 2 is 1.26 bits per heavy atom. The van der Waals surface area contributed by atoms with Crippen LogP contribution < -0.4 is 10.9 Å². The topological polar surface area (TPSA) is 82.9 Å². The number of allylic oxidation sites excluding steroid dienone is 4. The first-order chi connectivity index (χ1) is 13.2. The zero-order chi connectivity index (χ0) is 19.2. The maximum Gasteiger partial charge on any atom is 0.240 e. The Morgan fingerprint density at radius 1 is 0.778 bits per heavy atom. The second kappa shape index (κ2) is 13.0. The number of unbranched alkanes of at least 4 members (excludes halogenated alkanes) is 2. The maximum absolute atomic E-state index is 11.7. The van der Waals surface area contributed by atoms with Gasteiger partial charge in [0.15, 0.2) is 0 Å². The second-order valence-electron chi connectivity index (χ2n) is 7.28. The quantitative estimate of drug-likeness (QED) is 0.264. The Morgan fingerprint density at radius 3 is 1.67 bits per heavy atom. The summed E-state index contributed by atoms with van der Waals surface area (Å²) in [5, 5.41) is 8.10. The van der Waals surface area contributed by atoms with Crippen molar-refractivity contribution in [2.45, 2.75) is 70.6 Å².